The van der Waals surface area contributed by atoms with Gasteiger partial charge in [-0.1, -0.05) is 48.5 Å². The largest absolute Gasteiger partial charge is 0.496 e. The van der Waals surface area contributed by atoms with Crippen LogP contribution >= 0.6 is 0 Å². The number of nitrogens with one attached hydrogen (secondary N) is 1. The van der Waals surface area contributed by atoms with Gasteiger partial charge in [-0.25, -0.2) is 9.59 Å². The van der Waals surface area contributed by atoms with Gasteiger partial charge in [0.1, 0.15) is 29.7 Å². The van der Waals surface area contributed by atoms with Gasteiger partial charge in [-0.2, -0.15) is 0 Å². The van der Waals surface area contributed by atoms with Gasteiger partial charge in [-0.15, -0.1) is 0 Å². The number of alkyl carbamates (subject to hydrolysis) is 1. The summed E-state index contributed by atoms with van der Waals surface area (Å²) >= 11 is 0. The zero-order valence-corrected chi connectivity index (χ0v) is 20.4. The Bertz CT molecular complexity index is 1140. The van der Waals surface area contributed by atoms with Crippen molar-refractivity contribution in [1.82, 2.24) is 5.32 Å². The fourth-order valence-electron chi connectivity index (χ4n) is 3.49. The highest BCUT2D eigenvalue weighted by Gasteiger charge is 2.24. The number of carbonyl (C=O) groups excluding carboxylic acids is 1. The average molecular weight is 478 g/mol. The Morgan fingerprint density at radius 3 is 2.20 bits per heavy atom. The molecule has 0 radical (unpaired) electrons. The first-order valence-electron chi connectivity index (χ1n) is 11.3. The van der Waals surface area contributed by atoms with Crippen LogP contribution in [0.5, 0.6) is 11.5 Å². The van der Waals surface area contributed by atoms with Gasteiger partial charge < -0.3 is 24.6 Å². The summed E-state index contributed by atoms with van der Waals surface area (Å²) in [7, 11) is 1.57. The van der Waals surface area contributed by atoms with Crippen LogP contribution in [-0.2, 0) is 22.6 Å². The lowest BCUT2D eigenvalue weighted by Gasteiger charge is -2.22. The van der Waals surface area contributed by atoms with E-state index < -0.39 is 23.7 Å². The molecule has 0 bridgehead atoms. The number of amides is 1. The molecule has 3 aromatic rings. The van der Waals surface area contributed by atoms with Crippen LogP contribution in [0.2, 0.25) is 0 Å². The summed E-state index contributed by atoms with van der Waals surface area (Å²) in [6.07, 6.45) is -0.696. The number of hydrogen-bond acceptors (Lipinski definition) is 5. The number of hydrogen-bond donors (Lipinski definition) is 2. The predicted molar refractivity (Wildman–Crippen MR) is 134 cm³/mol. The lowest BCUT2D eigenvalue weighted by Crippen LogP contribution is -2.44. The third-order valence-electron chi connectivity index (χ3n) is 5.13. The zero-order valence-electron chi connectivity index (χ0n) is 20.4. The Morgan fingerprint density at radius 2 is 1.60 bits per heavy atom. The van der Waals surface area contributed by atoms with Crippen molar-refractivity contribution in [2.45, 2.75) is 45.4 Å². The highest BCUT2D eigenvalue weighted by molar-refractivity contribution is 5.80. The van der Waals surface area contributed by atoms with Crippen LogP contribution in [0.3, 0.4) is 0 Å². The van der Waals surface area contributed by atoms with Crippen molar-refractivity contribution in [3.8, 4) is 22.6 Å². The van der Waals surface area contributed by atoms with Crippen molar-refractivity contribution in [1.29, 1.82) is 0 Å². The summed E-state index contributed by atoms with van der Waals surface area (Å²) in [5.41, 5.74) is 2.97. The number of carboxylic acid groups (broad SMARTS) is 1. The van der Waals surface area contributed by atoms with Crippen LogP contribution in [0.1, 0.15) is 31.9 Å². The fraction of sp³-hybridized carbons (Fsp3) is 0.286. The van der Waals surface area contributed by atoms with Gasteiger partial charge in [0, 0.05) is 12.0 Å². The van der Waals surface area contributed by atoms with Gasteiger partial charge in [0.25, 0.3) is 0 Å². The Hall–Kier alpha value is -4.00. The van der Waals surface area contributed by atoms with E-state index in [2.05, 4.69) is 5.32 Å². The number of methoxy groups -OCH3 is 1. The molecule has 0 aliphatic rings. The van der Waals surface area contributed by atoms with Gasteiger partial charge in [-0.3, -0.25) is 0 Å². The lowest BCUT2D eigenvalue weighted by atomic mass is 10.0. The number of aliphatic carboxylic acids is 1. The second-order valence-electron chi connectivity index (χ2n) is 9.07. The maximum Gasteiger partial charge on any atom is 0.408 e. The van der Waals surface area contributed by atoms with Crippen molar-refractivity contribution >= 4 is 12.1 Å². The molecule has 0 fully saturated rings. The van der Waals surface area contributed by atoms with Gasteiger partial charge in [-0.05, 0) is 61.7 Å². The Morgan fingerprint density at radius 1 is 0.943 bits per heavy atom. The Kier molecular flexibility index (Phi) is 8.36. The van der Waals surface area contributed by atoms with Gasteiger partial charge >= 0.3 is 12.1 Å². The molecule has 3 aromatic carbocycles. The van der Waals surface area contributed by atoms with Crippen molar-refractivity contribution in [2.75, 3.05) is 7.11 Å². The lowest BCUT2D eigenvalue weighted by molar-refractivity contribution is -0.139. The van der Waals surface area contributed by atoms with Crippen LogP contribution in [-0.4, -0.2) is 35.9 Å². The molecule has 0 saturated heterocycles. The van der Waals surface area contributed by atoms with E-state index in [1.54, 1.807) is 40.0 Å². The summed E-state index contributed by atoms with van der Waals surface area (Å²) in [4.78, 5) is 23.8. The molecule has 184 valence electrons. The van der Waals surface area contributed by atoms with Crippen LogP contribution in [0.4, 0.5) is 4.79 Å². The number of carboxylic acids is 1. The van der Waals surface area contributed by atoms with Crippen molar-refractivity contribution < 1.29 is 28.9 Å². The number of ether oxygens (including phenoxy) is 3. The van der Waals surface area contributed by atoms with Gasteiger partial charge in [0.2, 0.25) is 0 Å². The first-order valence-corrected chi connectivity index (χ1v) is 11.3. The maximum atomic E-state index is 12.1. The van der Waals surface area contributed by atoms with E-state index in [0.29, 0.717) is 17.1 Å². The number of carbonyl (C=O) groups is 2. The highest BCUT2D eigenvalue weighted by atomic mass is 16.6. The molecule has 0 aliphatic heterocycles. The van der Waals surface area contributed by atoms with E-state index in [-0.39, 0.29) is 13.0 Å². The van der Waals surface area contributed by atoms with E-state index in [1.165, 1.54) is 0 Å². The number of rotatable bonds is 9. The molecular weight excluding hydrogens is 446 g/mol. The molecular formula is C28H31NO6. The van der Waals surface area contributed by atoms with Crippen molar-refractivity contribution in [3.63, 3.8) is 0 Å². The summed E-state index contributed by atoms with van der Waals surface area (Å²) in [6.45, 7) is 5.38. The molecule has 0 saturated carbocycles. The standard InChI is InChI=1S/C28H31NO6/c1-28(2,3)35-27(32)29-24(26(30)31)17-19-10-15-25(33-4)22(16-19)18-34-23-13-11-21(12-14-23)20-8-6-5-7-9-20/h5-16,24H,17-18H2,1-4H3,(H,29,32)(H,30,31). The van der Waals surface area contributed by atoms with E-state index >= 15 is 0 Å². The smallest absolute Gasteiger partial charge is 0.408 e. The highest BCUT2D eigenvalue weighted by Crippen LogP contribution is 2.25. The molecule has 7 heteroatoms. The SMILES string of the molecule is COc1ccc(CC(NC(=O)OC(C)(C)C)C(=O)O)cc1COc1ccc(-c2ccccc2)cc1. The fourth-order valence-corrected chi connectivity index (χ4v) is 3.49. The predicted octanol–water partition coefficient (Wildman–Crippen LogP) is 5.46. The minimum atomic E-state index is -1.15. The van der Waals surface area contributed by atoms with Crippen LogP contribution in [0, 0.1) is 0 Å². The van der Waals surface area contributed by atoms with Gasteiger partial charge in [0.05, 0.1) is 7.11 Å². The molecule has 3 rings (SSSR count). The maximum absolute atomic E-state index is 12.1. The summed E-state index contributed by atoms with van der Waals surface area (Å²) < 4.78 is 16.6. The topological polar surface area (TPSA) is 94.1 Å². The molecule has 35 heavy (non-hydrogen) atoms. The van der Waals surface area contributed by atoms with E-state index in [9.17, 15) is 14.7 Å². The minimum absolute atomic E-state index is 0.0807. The monoisotopic (exact) mass is 477 g/mol. The van der Waals surface area contributed by atoms with Crippen LogP contribution < -0.4 is 14.8 Å². The van der Waals surface area contributed by atoms with Crippen molar-refractivity contribution in [3.05, 3.63) is 83.9 Å². The molecule has 0 heterocycles. The van der Waals surface area contributed by atoms with E-state index in [0.717, 1.165) is 16.7 Å². The molecule has 2 N–H and O–H groups in total. The second-order valence-corrected chi connectivity index (χ2v) is 9.07. The summed E-state index contributed by atoms with van der Waals surface area (Å²) in [6, 6.07) is 22.1. The first-order chi connectivity index (χ1) is 16.6. The Labute approximate surface area is 205 Å². The molecule has 1 amide bonds. The third kappa shape index (κ3) is 7.78. The molecule has 0 spiro atoms. The van der Waals surface area contributed by atoms with Crippen molar-refractivity contribution in [2.24, 2.45) is 0 Å². The molecule has 1 atom stereocenters. The third-order valence-corrected chi connectivity index (χ3v) is 5.13. The van der Waals surface area contributed by atoms with Crippen LogP contribution in [0.25, 0.3) is 11.1 Å². The van der Waals surface area contributed by atoms with E-state index in [4.69, 9.17) is 14.2 Å². The second kappa shape index (κ2) is 11.4. The zero-order chi connectivity index (χ0) is 25.4. The molecule has 0 aromatic heterocycles. The first kappa shape index (κ1) is 25.6. The van der Waals surface area contributed by atoms with Crippen LogP contribution in [0.15, 0.2) is 72.8 Å². The van der Waals surface area contributed by atoms with E-state index in [1.807, 2.05) is 60.7 Å². The normalized spacial score (nSPS) is 11.9. The Balaban J connectivity index is 1.68. The summed E-state index contributed by atoms with van der Waals surface area (Å²) in [5, 5.41) is 12.0. The average Bonchev–Trinajstić information content (AvgIpc) is 2.82. The molecule has 0 aliphatic carbocycles. The quantitative estimate of drug-likeness (QED) is 0.425. The number of benzene rings is 3. The minimum Gasteiger partial charge on any atom is -0.496 e. The van der Waals surface area contributed by atoms with Gasteiger partial charge in [0.15, 0.2) is 0 Å². The molecule has 1 unspecified atom stereocenters. The summed E-state index contributed by atoms with van der Waals surface area (Å²) in [5.74, 6) is 0.178. The molecule has 7 nitrogen and oxygen atoms in total.